The maximum absolute atomic E-state index is 11.5. The van der Waals surface area contributed by atoms with Crippen LogP contribution in [0.3, 0.4) is 0 Å². The van der Waals surface area contributed by atoms with Crippen molar-refractivity contribution in [2.24, 2.45) is 5.92 Å². The van der Waals surface area contributed by atoms with E-state index in [1.807, 2.05) is 45.0 Å². The second kappa shape index (κ2) is 6.79. The Morgan fingerprint density at radius 2 is 1.78 bits per heavy atom. The largest absolute Gasteiger partial charge is 0.352 e. The van der Waals surface area contributed by atoms with Crippen LogP contribution in [-0.4, -0.2) is 11.8 Å². The Bertz CT molecular complexity index is 410. The van der Waals surface area contributed by atoms with E-state index in [0.29, 0.717) is 13.0 Å². The summed E-state index contributed by atoms with van der Waals surface area (Å²) in [5.41, 5.74) is 1.79. The van der Waals surface area contributed by atoms with Gasteiger partial charge in [0.15, 0.2) is 0 Å². The maximum atomic E-state index is 11.5. The first-order chi connectivity index (χ1) is 8.52. The molecular formula is C14H20N2O2. The highest BCUT2D eigenvalue weighted by Gasteiger charge is 2.06. The van der Waals surface area contributed by atoms with Crippen LogP contribution in [0.1, 0.15) is 32.8 Å². The van der Waals surface area contributed by atoms with E-state index in [1.165, 1.54) is 0 Å². The third-order valence-electron chi connectivity index (χ3n) is 2.56. The summed E-state index contributed by atoms with van der Waals surface area (Å²) in [4.78, 5) is 22.6. The molecule has 0 spiro atoms. The second-order valence-corrected chi connectivity index (χ2v) is 4.47. The molecule has 0 bridgehead atoms. The van der Waals surface area contributed by atoms with Crippen LogP contribution in [0.5, 0.6) is 0 Å². The molecule has 18 heavy (non-hydrogen) atoms. The number of rotatable bonds is 5. The van der Waals surface area contributed by atoms with Crippen molar-refractivity contribution in [3.8, 4) is 0 Å². The standard InChI is InChI=1S/C14H20N2O2/c1-4-13(17)15-9-11-5-7-12(8-6-11)16-14(18)10(2)3/h5-8,10H,4,9H2,1-3H3,(H,15,17)(H,16,18). The molecule has 1 aromatic rings. The molecule has 0 saturated heterocycles. The third-order valence-corrected chi connectivity index (χ3v) is 2.56. The van der Waals surface area contributed by atoms with Gasteiger partial charge in [-0.25, -0.2) is 0 Å². The highest BCUT2D eigenvalue weighted by Crippen LogP contribution is 2.10. The fourth-order valence-electron chi connectivity index (χ4n) is 1.32. The van der Waals surface area contributed by atoms with E-state index in [-0.39, 0.29) is 17.7 Å². The molecule has 1 aromatic carbocycles. The zero-order valence-electron chi connectivity index (χ0n) is 11.1. The summed E-state index contributed by atoms with van der Waals surface area (Å²) in [6, 6.07) is 7.47. The van der Waals surface area contributed by atoms with Gasteiger partial charge in [-0.2, -0.15) is 0 Å². The normalized spacial score (nSPS) is 10.2. The van der Waals surface area contributed by atoms with Crippen molar-refractivity contribution in [1.82, 2.24) is 5.32 Å². The number of benzene rings is 1. The molecule has 2 N–H and O–H groups in total. The van der Waals surface area contributed by atoms with Crippen molar-refractivity contribution in [3.63, 3.8) is 0 Å². The Morgan fingerprint density at radius 1 is 1.17 bits per heavy atom. The Labute approximate surface area is 108 Å². The van der Waals surface area contributed by atoms with Crippen molar-refractivity contribution in [3.05, 3.63) is 29.8 Å². The molecule has 4 heteroatoms. The van der Waals surface area contributed by atoms with E-state index in [2.05, 4.69) is 10.6 Å². The molecule has 0 atom stereocenters. The number of anilines is 1. The van der Waals surface area contributed by atoms with Crippen molar-refractivity contribution < 1.29 is 9.59 Å². The van der Waals surface area contributed by atoms with Gasteiger partial charge in [-0.15, -0.1) is 0 Å². The average molecular weight is 248 g/mol. The molecule has 0 unspecified atom stereocenters. The lowest BCUT2D eigenvalue weighted by atomic mass is 10.1. The van der Waals surface area contributed by atoms with E-state index in [0.717, 1.165) is 11.3 Å². The second-order valence-electron chi connectivity index (χ2n) is 4.47. The lowest BCUT2D eigenvalue weighted by molar-refractivity contribution is -0.121. The summed E-state index contributed by atoms with van der Waals surface area (Å²) in [5, 5.41) is 5.62. The lowest BCUT2D eigenvalue weighted by Crippen LogP contribution is -2.21. The van der Waals surface area contributed by atoms with E-state index in [1.54, 1.807) is 0 Å². The molecule has 98 valence electrons. The first kappa shape index (κ1) is 14.2. The first-order valence-electron chi connectivity index (χ1n) is 6.19. The predicted molar refractivity (Wildman–Crippen MR) is 72.0 cm³/mol. The van der Waals surface area contributed by atoms with Crippen molar-refractivity contribution >= 4 is 17.5 Å². The van der Waals surface area contributed by atoms with E-state index in [4.69, 9.17) is 0 Å². The van der Waals surface area contributed by atoms with Gasteiger partial charge >= 0.3 is 0 Å². The molecule has 0 aromatic heterocycles. The van der Waals surface area contributed by atoms with Gasteiger partial charge in [-0.1, -0.05) is 32.9 Å². The molecule has 1 rings (SSSR count). The minimum atomic E-state index is -0.0338. The van der Waals surface area contributed by atoms with Gasteiger partial charge in [0.25, 0.3) is 0 Å². The first-order valence-corrected chi connectivity index (χ1v) is 6.19. The zero-order chi connectivity index (χ0) is 13.5. The molecule has 0 saturated carbocycles. The number of carbonyl (C=O) groups excluding carboxylic acids is 2. The highest BCUT2D eigenvalue weighted by molar-refractivity contribution is 5.92. The zero-order valence-corrected chi connectivity index (χ0v) is 11.1. The molecule has 0 fully saturated rings. The van der Waals surface area contributed by atoms with Crippen LogP contribution in [-0.2, 0) is 16.1 Å². The van der Waals surface area contributed by atoms with Crippen LogP contribution in [0.4, 0.5) is 5.69 Å². The Morgan fingerprint density at radius 3 is 2.28 bits per heavy atom. The topological polar surface area (TPSA) is 58.2 Å². The van der Waals surface area contributed by atoms with E-state index >= 15 is 0 Å². The van der Waals surface area contributed by atoms with Crippen LogP contribution < -0.4 is 10.6 Å². The van der Waals surface area contributed by atoms with Gasteiger partial charge < -0.3 is 10.6 Å². The summed E-state index contributed by atoms with van der Waals surface area (Å²) in [6.45, 7) is 6.04. The van der Waals surface area contributed by atoms with Crippen LogP contribution in [0, 0.1) is 5.92 Å². The monoisotopic (exact) mass is 248 g/mol. The third kappa shape index (κ3) is 4.57. The summed E-state index contributed by atoms with van der Waals surface area (Å²) < 4.78 is 0. The highest BCUT2D eigenvalue weighted by atomic mass is 16.2. The average Bonchev–Trinajstić information content (AvgIpc) is 2.37. The van der Waals surface area contributed by atoms with Gasteiger partial charge in [0, 0.05) is 24.6 Å². The van der Waals surface area contributed by atoms with Gasteiger partial charge in [0.2, 0.25) is 11.8 Å². The van der Waals surface area contributed by atoms with Crippen molar-refractivity contribution in [1.29, 1.82) is 0 Å². The smallest absolute Gasteiger partial charge is 0.226 e. The molecule has 0 aliphatic rings. The molecule has 0 radical (unpaired) electrons. The summed E-state index contributed by atoms with van der Waals surface area (Å²) in [5.74, 6) is 0.00254. The van der Waals surface area contributed by atoms with Crippen molar-refractivity contribution in [2.75, 3.05) is 5.32 Å². The van der Waals surface area contributed by atoms with Crippen molar-refractivity contribution in [2.45, 2.75) is 33.7 Å². The number of hydrogen-bond acceptors (Lipinski definition) is 2. The van der Waals surface area contributed by atoms with Crippen LogP contribution in [0.25, 0.3) is 0 Å². The molecule has 0 aliphatic heterocycles. The lowest BCUT2D eigenvalue weighted by Gasteiger charge is -2.09. The summed E-state index contributed by atoms with van der Waals surface area (Å²) in [6.07, 6.45) is 0.489. The van der Waals surface area contributed by atoms with Crippen LogP contribution in [0.2, 0.25) is 0 Å². The van der Waals surface area contributed by atoms with Gasteiger partial charge in [0.1, 0.15) is 0 Å². The van der Waals surface area contributed by atoms with Crippen LogP contribution >= 0.6 is 0 Å². The molecule has 0 heterocycles. The number of carbonyl (C=O) groups is 2. The van der Waals surface area contributed by atoms with E-state index < -0.39 is 0 Å². The predicted octanol–water partition coefficient (Wildman–Crippen LogP) is 2.31. The number of amides is 2. The molecule has 4 nitrogen and oxygen atoms in total. The molecule has 0 aliphatic carbocycles. The molecular weight excluding hydrogens is 228 g/mol. The van der Waals surface area contributed by atoms with Crippen LogP contribution in [0.15, 0.2) is 24.3 Å². The Balaban J connectivity index is 2.52. The van der Waals surface area contributed by atoms with E-state index in [9.17, 15) is 9.59 Å². The van der Waals surface area contributed by atoms with Gasteiger partial charge in [-0.3, -0.25) is 9.59 Å². The summed E-state index contributed by atoms with van der Waals surface area (Å²) >= 11 is 0. The minimum absolute atomic E-state index is 0.00188. The fraction of sp³-hybridized carbons (Fsp3) is 0.429. The van der Waals surface area contributed by atoms with Gasteiger partial charge in [0.05, 0.1) is 0 Å². The molecule has 2 amide bonds. The number of nitrogens with one attached hydrogen (secondary N) is 2. The Kier molecular flexibility index (Phi) is 5.36. The maximum Gasteiger partial charge on any atom is 0.226 e. The fourth-order valence-corrected chi connectivity index (χ4v) is 1.32. The SMILES string of the molecule is CCC(=O)NCc1ccc(NC(=O)C(C)C)cc1. The van der Waals surface area contributed by atoms with Gasteiger partial charge in [-0.05, 0) is 17.7 Å². The number of hydrogen-bond donors (Lipinski definition) is 2. The minimum Gasteiger partial charge on any atom is -0.352 e. The summed E-state index contributed by atoms with van der Waals surface area (Å²) in [7, 11) is 0. The Hall–Kier alpha value is -1.84. The quantitative estimate of drug-likeness (QED) is 0.840.